The molecule has 4 rings (SSSR count). The minimum atomic E-state index is -0.839. The fraction of sp³-hybridized carbons (Fsp3) is 0.500. The summed E-state index contributed by atoms with van der Waals surface area (Å²) in [5, 5.41) is 10.5. The van der Waals surface area contributed by atoms with Crippen molar-refractivity contribution in [1.82, 2.24) is 4.57 Å². The van der Waals surface area contributed by atoms with Gasteiger partial charge in [0.1, 0.15) is 0 Å². The number of carboxylic acids is 1. The molecule has 2 aliphatic rings. The van der Waals surface area contributed by atoms with Crippen LogP contribution in [-0.4, -0.2) is 15.6 Å². The zero-order valence-corrected chi connectivity index (χ0v) is 12.4. The molecule has 0 atom stereocenters. The number of hydrogen-bond donors (Lipinski definition) is 1. The molecule has 0 aliphatic heterocycles. The van der Waals surface area contributed by atoms with Crippen molar-refractivity contribution in [2.24, 2.45) is 7.05 Å². The summed E-state index contributed by atoms with van der Waals surface area (Å²) in [6, 6.07) is 5.65. The van der Waals surface area contributed by atoms with Crippen LogP contribution in [0.15, 0.2) is 18.2 Å². The predicted octanol–water partition coefficient (Wildman–Crippen LogP) is 4.41. The van der Waals surface area contributed by atoms with E-state index in [0.29, 0.717) is 17.4 Å². The standard InChI is InChI=1S/C18H21NO2/c1-19-15-10-13(18(20)21)8-9-14(15)16(11-4-2-3-5-11)17(19)12-6-7-12/h8-12H,2-7H2,1H3,(H,20,21). The molecule has 3 heteroatoms. The number of carboxylic acid groups (broad SMARTS) is 1. The van der Waals surface area contributed by atoms with Gasteiger partial charge in [0.2, 0.25) is 0 Å². The van der Waals surface area contributed by atoms with Crippen LogP contribution in [0.2, 0.25) is 0 Å². The van der Waals surface area contributed by atoms with Crippen LogP contribution in [0, 0.1) is 0 Å². The summed E-state index contributed by atoms with van der Waals surface area (Å²) in [5.74, 6) is 0.541. The fourth-order valence-electron chi connectivity index (χ4n) is 4.11. The largest absolute Gasteiger partial charge is 0.478 e. The molecule has 3 nitrogen and oxygen atoms in total. The van der Waals surface area contributed by atoms with E-state index in [9.17, 15) is 9.90 Å². The summed E-state index contributed by atoms with van der Waals surface area (Å²) in [4.78, 5) is 11.2. The zero-order chi connectivity index (χ0) is 14.6. The third kappa shape index (κ3) is 1.98. The lowest BCUT2D eigenvalue weighted by molar-refractivity contribution is 0.0697. The van der Waals surface area contributed by atoms with Gasteiger partial charge in [0.25, 0.3) is 0 Å². The molecule has 0 spiro atoms. The summed E-state index contributed by atoms with van der Waals surface area (Å²) in [5.41, 5.74) is 4.51. The van der Waals surface area contributed by atoms with Crippen molar-refractivity contribution >= 4 is 16.9 Å². The Morgan fingerprint density at radius 3 is 2.48 bits per heavy atom. The van der Waals surface area contributed by atoms with Crippen molar-refractivity contribution in [3.05, 3.63) is 35.0 Å². The highest BCUT2D eigenvalue weighted by Gasteiger charge is 2.34. The lowest BCUT2D eigenvalue weighted by Crippen LogP contribution is -2.00. The number of aromatic carboxylic acids is 1. The molecule has 1 N–H and O–H groups in total. The Morgan fingerprint density at radius 2 is 1.86 bits per heavy atom. The first-order valence-corrected chi connectivity index (χ1v) is 8.02. The molecule has 1 heterocycles. The Bertz CT molecular complexity index is 718. The first kappa shape index (κ1) is 12.9. The van der Waals surface area contributed by atoms with E-state index < -0.39 is 5.97 Å². The summed E-state index contributed by atoms with van der Waals surface area (Å²) in [7, 11) is 2.11. The second-order valence-electron chi connectivity index (χ2n) is 6.65. The second kappa shape index (κ2) is 4.62. The highest BCUT2D eigenvalue weighted by Crippen LogP contribution is 2.49. The van der Waals surface area contributed by atoms with Crippen molar-refractivity contribution in [1.29, 1.82) is 0 Å². The summed E-state index contributed by atoms with van der Waals surface area (Å²) < 4.78 is 2.27. The Labute approximate surface area is 124 Å². The highest BCUT2D eigenvalue weighted by atomic mass is 16.4. The van der Waals surface area contributed by atoms with Crippen LogP contribution in [0.1, 0.15) is 72.0 Å². The monoisotopic (exact) mass is 283 g/mol. The number of aryl methyl sites for hydroxylation is 1. The Hall–Kier alpha value is -1.77. The Kier molecular flexibility index (Phi) is 2.84. The lowest BCUT2D eigenvalue weighted by Gasteiger charge is -2.12. The minimum Gasteiger partial charge on any atom is -0.478 e. The van der Waals surface area contributed by atoms with Crippen LogP contribution in [0.3, 0.4) is 0 Å². The van der Waals surface area contributed by atoms with Gasteiger partial charge in [-0.3, -0.25) is 0 Å². The molecule has 0 saturated heterocycles. The number of carbonyl (C=O) groups is 1. The van der Waals surface area contributed by atoms with Crippen LogP contribution in [0.4, 0.5) is 0 Å². The summed E-state index contributed by atoms with van der Waals surface area (Å²) >= 11 is 0. The average molecular weight is 283 g/mol. The molecule has 0 radical (unpaired) electrons. The van der Waals surface area contributed by atoms with Crippen molar-refractivity contribution in [3.8, 4) is 0 Å². The van der Waals surface area contributed by atoms with Gasteiger partial charge in [0, 0.05) is 23.6 Å². The molecule has 0 bridgehead atoms. The van der Waals surface area contributed by atoms with Gasteiger partial charge in [-0.2, -0.15) is 0 Å². The van der Waals surface area contributed by atoms with Gasteiger partial charge < -0.3 is 9.67 Å². The minimum absolute atomic E-state index is 0.392. The van der Waals surface area contributed by atoms with Gasteiger partial charge in [-0.05, 0) is 55.2 Å². The third-order valence-electron chi connectivity index (χ3n) is 5.26. The topological polar surface area (TPSA) is 42.2 Å². The van der Waals surface area contributed by atoms with E-state index in [1.807, 2.05) is 12.1 Å². The Balaban J connectivity index is 1.96. The SMILES string of the molecule is Cn1c(C2CC2)c(C2CCCC2)c2ccc(C(=O)O)cc21. The van der Waals surface area contributed by atoms with Crippen molar-refractivity contribution < 1.29 is 9.90 Å². The van der Waals surface area contributed by atoms with Crippen molar-refractivity contribution in [3.63, 3.8) is 0 Å². The van der Waals surface area contributed by atoms with Gasteiger partial charge in [0.05, 0.1) is 5.56 Å². The first-order valence-electron chi connectivity index (χ1n) is 8.02. The summed E-state index contributed by atoms with van der Waals surface area (Å²) in [6.07, 6.45) is 7.82. The van der Waals surface area contributed by atoms with Crippen molar-refractivity contribution in [2.45, 2.75) is 50.4 Å². The quantitative estimate of drug-likeness (QED) is 0.906. The van der Waals surface area contributed by atoms with Crippen LogP contribution in [0.25, 0.3) is 10.9 Å². The smallest absolute Gasteiger partial charge is 0.335 e. The Morgan fingerprint density at radius 1 is 1.14 bits per heavy atom. The molecule has 0 unspecified atom stereocenters. The number of nitrogens with zero attached hydrogens (tertiary/aromatic N) is 1. The molecular formula is C18H21NO2. The van der Waals surface area contributed by atoms with E-state index in [2.05, 4.69) is 11.6 Å². The molecule has 2 aliphatic carbocycles. The summed E-state index contributed by atoms with van der Waals surface area (Å²) in [6.45, 7) is 0. The number of benzene rings is 1. The number of aromatic nitrogens is 1. The molecule has 1 aromatic carbocycles. The second-order valence-corrected chi connectivity index (χ2v) is 6.65. The predicted molar refractivity (Wildman–Crippen MR) is 83.1 cm³/mol. The maximum atomic E-state index is 11.2. The third-order valence-corrected chi connectivity index (χ3v) is 5.26. The molecule has 2 aromatic rings. The van der Waals surface area contributed by atoms with Crippen LogP contribution < -0.4 is 0 Å². The van der Waals surface area contributed by atoms with Crippen LogP contribution >= 0.6 is 0 Å². The number of fused-ring (bicyclic) bond motifs is 1. The first-order chi connectivity index (χ1) is 10.2. The molecular weight excluding hydrogens is 262 g/mol. The van der Waals surface area contributed by atoms with E-state index in [0.717, 1.165) is 5.52 Å². The number of hydrogen-bond acceptors (Lipinski definition) is 1. The molecule has 1 aromatic heterocycles. The molecule has 21 heavy (non-hydrogen) atoms. The lowest BCUT2D eigenvalue weighted by atomic mass is 9.92. The highest BCUT2D eigenvalue weighted by molar-refractivity contribution is 5.95. The molecule has 2 saturated carbocycles. The average Bonchev–Trinajstić information content (AvgIpc) is 3.08. The normalized spacial score (nSPS) is 19.5. The van der Waals surface area contributed by atoms with E-state index in [-0.39, 0.29) is 0 Å². The van der Waals surface area contributed by atoms with Gasteiger partial charge in [-0.1, -0.05) is 18.9 Å². The van der Waals surface area contributed by atoms with Gasteiger partial charge in [0.15, 0.2) is 0 Å². The van der Waals surface area contributed by atoms with Crippen LogP contribution in [0.5, 0.6) is 0 Å². The van der Waals surface area contributed by atoms with E-state index >= 15 is 0 Å². The number of rotatable bonds is 3. The zero-order valence-electron chi connectivity index (χ0n) is 12.4. The van der Waals surface area contributed by atoms with E-state index in [4.69, 9.17) is 0 Å². The van der Waals surface area contributed by atoms with E-state index in [1.54, 1.807) is 6.07 Å². The molecule has 2 fully saturated rings. The van der Waals surface area contributed by atoms with Gasteiger partial charge in [-0.25, -0.2) is 4.79 Å². The molecule has 0 amide bonds. The van der Waals surface area contributed by atoms with Gasteiger partial charge in [-0.15, -0.1) is 0 Å². The maximum absolute atomic E-state index is 11.2. The maximum Gasteiger partial charge on any atom is 0.335 e. The van der Waals surface area contributed by atoms with E-state index in [1.165, 1.54) is 55.2 Å². The molecule has 110 valence electrons. The van der Waals surface area contributed by atoms with Crippen molar-refractivity contribution in [2.75, 3.05) is 0 Å². The van der Waals surface area contributed by atoms with Crippen LogP contribution in [-0.2, 0) is 7.05 Å². The fourth-order valence-corrected chi connectivity index (χ4v) is 4.11. The van der Waals surface area contributed by atoms with Gasteiger partial charge >= 0.3 is 5.97 Å².